The molecule has 0 saturated heterocycles. The Morgan fingerprint density at radius 1 is 1.00 bits per heavy atom. The van der Waals surface area contributed by atoms with Gasteiger partial charge in [-0.25, -0.2) is 0 Å². The summed E-state index contributed by atoms with van der Waals surface area (Å²) in [5, 5.41) is 0. The Balaban J connectivity index is 1.42. The van der Waals surface area contributed by atoms with Gasteiger partial charge in [0.15, 0.2) is 5.78 Å². The Labute approximate surface area is 241 Å². The molecule has 40 heavy (non-hydrogen) atoms. The van der Waals surface area contributed by atoms with Crippen molar-refractivity contribution in [3.8, 4) is 0 Å². The largest absolute Gasteiger partial charge is 0.469 e. The van der Waals surface area contributed by atoms with Crippen LogP contribution in [0.4, 0.5) is 0 Å². The summed E-state index contributed by atoms with van der Waals surface area (Å²) < 4.78 is 11.2. The van der Waals surface area contributed by atoms with Gasteiger partial charge < -0.3 is 9.15 Å². The highest BCUT2D eigenvalue weighted by atomic mass is 16.5. The standard InChI is InChI=1S/C36H50O4/c1-22(2)25-13-16-36(31(38)39-8)18-17-34(6)26(29(25)36)11-12-28-33(5)21-23(20-24-10-9-19-40-24)30(37)32(3,4)27(33)14-15-35(28,34)7/h9-10,19-20,25-29H,1,11-18,21H2,2-8H3/t25-,26+,27+,28+,29-,33+,34-,35-,36-/m1/s1. The van der Waals surface area contributed by atoms with Crippen molar-refractivity contribution in [2.75, 3.05) is 7.11 Å². The highest BCUT2D eigenvalue weighted by Crippen LogP contribution is 2.77. The zero-order valence-electron chi connectivity index (χ0n) is 25.9. The third kappa shape index (κ3) is 3.43. The van der Waals surface area contributed by atoms with Crippen molar-refractivity contribution >= 4 is 17.8 Å². The summed E-state index contributed by atoms with van der Waals surface area (Å²) in [7, 11) is 1.58. The van der Waals surface area contributed by atoms with Crippen LogP contribution in [0.15, 0.2) is 40.5 Å². The fourth-order valence-corrected chi connectivity index (χ4v) is 12.2. The minimum Gasteiger partial charge on any atom is -0.469 e. The number of ketones is 1. The van der Waals surface area contributed by atoms with Gasteiger partial charge in [0.05, 0.1) is 18.8 Å². The molecule has 0 unspecified atom stereocenters. The molecule has 5 aliphatic rings. The molecule has 5 saturated carbocycles. The summed E-state index contributed by atoms with van der Waals surface area (Å²) in [5.41, 5.74) is 1.75. The molecule has 218 valence electrons. The quantitative estimate of drug-likeness (QED) is 0.216. The predicted molar refractivity (Wildman–Crippen MR) is 158 cm³/mol. The molecule has 5 aliphatic carbocycles. The van der Waals surface area contributed by atoms with Gasteiger partial charge in [0.25, 0.3) is 0 Å². The minimum atomic E-state index is -0.395. The summed E-state index contributed by atoms with van der Waals surface area (Å²) in [5.74, 6) is 3.19. The number of ether oxygens (including phenoxy) is 1. The number of rotatable bonds is 3. The number of allylic oxidation sites excluding steroid dienone is 2. The highest BCUT2D eigenvalue weighted by Gasteiger charge is 2.72. The Hall–Kier alpha value is -2.10. The summed E-state index contributed by atoms with van der Waals surface area (Å²) in [6, 6.07) is 3.85. The van der Waals surface area contributed by atoms with Crippen LogP contribution in [0.1, 0.15) is 105 Å². The maximum Gasteiger partial charge on any atom is 0.312 e. The van der Waals surface area contributed by atoms with Crippen LogP contribution in [0.3, 0.4) is 0 Å². The Morgan fingerprint density at radius 3 is 2.40 bits per heavy atom. The molecule has 1 aromatic rings. The maximum absolute atomic E-state index is 13.9. The van der Waals surface area contributed by atoms with Crippen LogP contribution in [-0.2, 0) is 14.3 Å². The van der Waals surface area contributed by atoms with Crippen LogP contribution in [-0.4, -0.2) is 18.9 Å². The van der Waals surface area contributed by atoms with Gasteiger partial charge in [-0.1, -0.05) is 46.8 Å². The van der Waals surface area contributed by atoms with Crippen LogP contribution >= 0.6 is 0 Å². The van der Waals surface area contributed by atoms with Crippen molar-refractivity contribution in [2.24, 2.45) is 56.7 Å². The van der Waals surface area contributed by atoms with Crippen molar-refractivity contribution in [1.29, 1.82) is 0 Å². The molecule has 1 aromatic heterocycles. The number of carbonyl (C=O) groups excluding carboxylic acids is 2. The molecule has 0 aromatic carbocycles. The first-order valence-corrected chi connectivity index (χ1v) is 15.8. The van der Waals surface area contributed by atoms with Gasteiger partial charge in [0.1, 0.15) is 5.76 Å². The lowest BCUT2D eigenvalue weighted by atomic mass is 9.32. The topological polar surface area (TPSA) is 56.5 Å². The first-order chi connectivity index (χ1) is 18.8. The van der Waals surface area contributed by atoms with Crippen molar-refractivity contribution in [3.63, 3.8) is 0 Å². The van der Waals surface area contributed by atoms with Crippen LogP contribution in [0.25, 0.3) is 6.08 Å². The molecule has 0 aliphatic heterocycles. The zero-order chi connectivity index (χ0) is 28.9. The fourth-order valence-electron chi connectivity index (χ4n) is 12.2. The van der Waals surface area contributed by atoms with E-state index in [9.17, 15) is 9.59 Å². The number of hydrogen-bond donors (Lipinski definition) is 0. The molecule has 4 nitrogen and oxygen atoms in total. The molecule has 9 atom stereocenters. The lowest BCUT2D eigenvalue weighted by Gasteiger charge is -2.72. The van der Waals surface area contributed by atoms with Gasteiger partial charge in [-0.2, -0.15) is 0 Å². The average molecular weight is 547 g/mol. The van der Waals surface area contributed by atoms with Gasteiger partial charge in [-0.05, 0) is 134 Å². The molecule has 1 heterocycles. The molecule has 0 bridgehead atoms. The van der Waals surface area contributed by atoms with E-state index < -0.39 is 5.41 Å². The van der Waals surface area contributed by atoms with Crippen LogP contribution in [0, 0.1) is 56.7 Å². The van der Waals surface area contributed by atoms with E-state index in [1.807, 2.05) is 18.2 Å². The van der Waals surface area contributed by atoms with E-state index in [2.05, 4.69) is 48.1 Å². The number of carbonyl (C=O) groups is 2. The summed E-state index contributed by atoms with van der Waals surface area (Å²) in [6.07, 6.45) is 13.1. The number of fused-ring (bicyclic) bond motifs is 7. The number of furan rings is 1. The summed E-state index contributed by atoms with van der Waals surface area (Å²) in [4.78, 5) is 27.4. The van der Waals surface area contributed by atoms with Crippen LogP contribution in [0.5, 0.6) is 0 Å². The van der Waals surface area contributed by atoms with E-state index >= 15 is 0 Å². The van der Waals surface area contributed by atoms with Gasteiger partial charge >= 0.3 is 5.97 Å². The van der Waals surface area contributed by atoms with Crippen molar-refractivity contribution in [1.82, 2.24) is 0 Å². The number of esters is 1. The molecular formula is C36H50O4. The molecule has 4 heteroatoms. The lowest BCUT2D eigenvalue weighted by Crippen LogP contribution is -2.67. The monoisotopic (exact) mass is 546 g/mol. The third-order valence-electron chi connectivity index (χ3n) is 14.1. The molecule has 0 amide bonds. The molecular weight excluding hydrogens is 496 g/mol. The first-order valence-electron chi connectivity index (χ1n) is 15.8. The SMILES string of the molecule is C=C(C)[C@H]1CC[C@@]2(C(=O)OC)CC[C@]3(C)[C@@H](CC[C@H]4[C@@]5(C)CC(=Cc6ccco6)C(=O)C(C)(C)[C@@H]5CC[C@]43C)[C@@H]12. The Morgan fingerprint density at radius 2 is 1.75 bits per heavy atom. The number of hydrogen-bond acceptors (Lipinski definition) is 4. The van der Waals surface area contributed by atoms with Crippen molar-refractivity contribution in [2.45, 2.75) is 99.3 Å². The van der Waals surface area contributed by atoms with E-state index in [1.54, 1.807) is 13.4 Å². The Bertz CT molecular complexity index is 1250. The predicted octanol–water partition coefficient (Wildman–Crippen LogP) is 8.67. The third-order valence-corrected chi connectivity index (χ3v) is 14.1. The molecule has 0 spiro atoms. The van der Waals surface area contributed by atoms with Gasteiger partial charge in [0.2, 0.25) is 0 Å². The Kier molecular flexibility index (Phi) is 6.27. The first kappa shape index (κ1) is 28.0. The van der Waals surface area contributed by atoms with E-state index in [4.69, 9.17) is 9.15 Å². The van der Waals surface area contributed by atoms with Crippen molar-refractivity contribution < 1.29 is 18.7 Å². The molecule has 6 rings (SSSR count). The second kappa shape index (κ2) is 8.95. The number of methoxy groups -OCH3 is 1. The van der Waals surface area contributed by atoms with Gasteiger partial charge in [-0.3, -0.25) is 9.59 Å². The summed E-state index contributed by atoms with van der Waals surface area (Å²) in [6.45, 7) is 18.7. The average Bonchev–Trinajstić information content (AvgIpc) is 3.55. The number of Topliss-reactive ketones (excluding diaryl/α,β-unsaturated/α-hetero) is 1. The molecule has 0 N–H and O–H groups in total. The molecule has 5 fully saturated rings. The zero-order valence-corrected chi connectivity index (χ0v) is 25.9. The lowest BCUT2D eigenvalue weighted by molar-refractivity contribution is -0.232. The van der Waals surface area contributed by atoms with Gasteiger partial charge in [-0.15, -0.1) is 0 Å². The summed E-state index contributed by atoms with van der Waals surface area (Å²) >= 11 is 0. The van der Waals surface area contributed by atoms with E-state index in [0.29, 0.717) is 35.4 Å². The fraction of sp³-hybridized carbons (Fsp3) is 0.722. The maximum atomic E-state index is 13.9. The molecule has 0 radical (unpaired) electrons. The normalized spacial score (nSPS) is 46.6. The van der Waals surface area contributed by atoms with E-state index in [-0.39, 0.29) is 27.6 Å². The minimum absolute atomic E-state index is 0.0199. The second-order valence-corrected chi connectivity index (χ2v) is 15.7. The second-order valence-electron chi connectivity index (χ2n) is 15.7. The van der Waals surface area contributed by atoms with Crippen LogP contribution < -0.4 is 0 Å². The van der Waals surface area contributed by atoms with Crippen LogP contribution in [0.2, 0.25) is 0 Å². The van der Waals surface area contributed by atoms with Crippen molar-refractivity contribution in [3.05, 3.63) is 41.9 Å². The van der Waals surface area contributed by atoms with Gasteiger partial charge in [0, 0.05) is 5.41 Å². The smallest absolute Gasteiger partial charge is 0.312 e. The van der Waals surface area contributed by atoms with E-state index in [0.717, 1.165) is 62.7 Å². The van der Waals surface area contributed by atoms with E-state index in [1.165, 1.54) is 12.0 Å². The highest BCUT2D eigenvalue weighted by molar-refractivity contribution is 6.04.